The van der Waals surface area contributed by atoms with Gasteiger partial charge in [-0.05, 0) is 81.2 Å². The minimum absolute atomic E-state index is 0.567. The second kappa shape index (κ2) is 6.15. The lowest BCUT2D eigenvalue weighted by Crippen LogP contribution is -2.49. The van der Waals surface area contributed by atoms with Crippen LogP contribution in [0, 0.1) is 23.2 Å². The summed E-state index contributed by atoms with van der Waals surface area (Å²) in [6.07, 6.45) is 12.2. The molecule has 25 heavy (non-hydrogen) atoms. The number of hydrogen-bond acceptors (Lipinski definition) is 4. The van der Waals surface area contributed by atoms with Crippen molar-refractivity contribution in [1.29, 1.82) is 0 Å². The van der Waals surface area contributed by atoms with Gasteiger partial charge in [-0.25, -0.2) is 4.98 Å². The fraction of sp³-hybridized carbons (Fsp3) is 0.762. The summed E-state index contributed by atoms with van der Waals surface area (Å²) >= 11 is 0. The third-order valence-corrected chi connectivity index (χ3v) is 7.51. The molecule has 1 aromatic heterocycles. The van der Waals surface area contributed by atoms with E-state index in [0.29, 0.717) is 11.5 Å². The number of rotatable bonds is 5. The Kier molecular flexibility index (Phi) is 3.92. The van der Waals surface area contributed by atoms with Crippen molar-refractivity contribution in [2.24, 2.45) is 23.2 Å². The molecule has 1 saturated heterocycles. The van der Waals surface area contributed by atoms with Crippen molar-refractivity contribution in [3.8, 4) is 0 Å². The maximum atomic E-state index is 4.61. The number of likely N-dealkylation sites (N-methyl/N-ethyl adjacent to an activating group) is 1. The Morgan fingerprint density at radius 1 is 1.16 bits per heavy atom. The van der Waals surface area contributed by atoms with Gasteiger partial charge in [-0.15, -0.1) is 0 Å². The molecular weight excluding hydrogens is 308 g/mol. The van der Waals surface area contributed by atoms with Gasteiger partial charge in [0.2, 0.25) is 0 Å². The number of anilines is 2. The zero-order chi connectivity index (χ0) is 16.9. The van der Waals surface area contributed by atoms with Crippen LogP contribution in [0.4, 0.5) is 11.5 Å². The van der Waals surface area contributed by atoms with Gasteiger partial charge in [-0.1, -0.05) is 0 Å². The van der Waals surface area contributed by atoms with Crippen molar-refractivity contribution >= 4 is 11.5 Å². The lowest BCUT2D eigenvalue weighted by Gasteiger charge is -2.57. The van der Waals surface area contributed by atoms with Gasteiger partial charge in [-0.2, -0.15) is 0 Å². The summed E-state index contributed by atoms with van der Waals surface area (Å²) < 4.78 is 0. The fourth-order valence-corrected chi connectivity index (χ4v) is 6.73. The van der Waals surface area contributed by atoms with Gasteiger partial charge >= 0.3 is 0 Å². The molecule has 4 nitrogen and oxygen atoms in total. The van der Waals surface area contributed by atoms with Crippen LogP contribution in [-0.2, 0) is 0 Å². The van der Waals surface area contributed by atoms with Gasteiger partial charge in [0.25, 0.3) is 0 Å². The minimum atomic E-state index is 0.567. The number of hydrogen-bond donors (Lipinski definition) is 2. The van der Waals surface area contributed by atoms with Crippen molar-refractivity contribution in [2.75, 3.05) is 36.9 Å². The molecule has 136 valence electrons. The van der Waals surface area contributed by atoms with Crippen LogP contribution < -0.4 is 15.5 Å². The molecule has 4 saturated carbocycles. The first-order valence-corrected chi connectivity index (χ1v) is 10.3. The maximum Gasteiger partial charge on any atom is 0.127 e. The molecule has 4 heteroatoms. The molecule has 6 rings (SSSR count). The summed E-state index contributed by atoms with van der Waals surface area (Å²) in [6, 6.07) is 5.04. The molecule has 4 aliphatic carbocycles. The molecule has 0 unspecified atom stereocenters. The van der Waals surface area contributed by atoms with Crippen LogP contribution in [0.2, 0.25) is 0 Å². The van der Waals surface area contributed by atoms with E-state index >= 15 is 0 Å². The molecule has 1 aromatic rings. The van der Waals surface area contributed by atoms with Crippen molar-refractivity contribution in [2.45, 2.75) is 51.0 Å². The summed E-state index contributed by atoms with van der Waals surface area (Å²) in [4.78, 5) is 7.10. The van der Waals surface area contributed by atoms with E-state index < -0.39 is 0 Å². The fourth-order valence-electron chi connectivity index (χ4n) is 6.73. The molecule has 2 N–H and O–H groups in total. The van der Waals surface area contributed by atoms with Crippen molar-refractivity contribution in [1.82, 2.24) is 10.3 Å². The normalized spacial score (nSPS) is 39.2. The lowest BCUT2D eigenvalue weighted by atomic mass is 9.49. The third kappa shape index (κ3) is 3.03. The van der Waals surface area contributed by atoms with E-state index in [4.69, 9.17) is 0 Å². The first kappa shape index (κ1) is 15.9. The molecule has 1 aliphatic heterocycles. The topological polar surface area (TPSA) is 40.2 Å². The summed E-state index contributed by atoms with van der Waals surface area (Å²) in [5.74, 6) is 4.14. The van der Waals surface area contributed by atoms with Gasteiger partial charge in [0.15, 0.2) is 0 Å². The van der Waals surface area contributed by atoms with Crippen LogP contribution >= 0.6 is 0 Å². The predicted octanol–water partition coefficient (Wildman–Crippen LogP) is 3.51. The zero-order valence-corrected chi connectivity index (χ0v) is 15.5. The van der Waals surface area contributed by atoms with Crippen molar-refractivity contribution < 1.29 is 0 Å². The van der Waals surface area contributed by atoms with Crippen LogP contribution in [0.15, 0.2) is 18.3 Å². The van der Waals surface area contributed by atoms with Crippen LogP contribution in [0.25, 0.3) is 0 Å². The second-order valence-corrected chi connectivity index (χ2v) is 9.39. The molecule has 0 spiro atoms. The second-order valence-electron chi connectivity index (χ2n) is 9.39. The number of nitrogens with one attached hydrogen (secondary N) is 2. The highest BCUT2D eigenvalue weighted by Crippen LogP contribution is 2.59. The first-order valence-electron chi connectivity index (χ1n) is 10.3. The van der Waals surface area contributed by atoms with Crippen LogP contribution in [0.3, 0.4) is 0 Å². The standard InChI is InChI=1S/C21H32N4/c1-22-18-3-5-25(13-18)19-2-4-23-20(9-19)24-14-21-10-15-6-16(11-21)8-17(7-15)12-21/h2,4,9,15-18,22H,3,5-8,10-14H2,1H3,(H,23,24)/t15?,16?,17?,18-,21?/m1/s1. The molecule has 5 fully saturated rings. The lowest BCUT2D eigenvalue weighted by molar-refractivity contribution is -0.0444. The quantitative estimate of drug-likeness (QED) is 0.860. The molecule has 0 aromatic carbocycles. The highest BCUT2D eigenvalue weighted by atomic mass is 15.2. The van der Waals surface area contributed by atoms with Crippen molar-refractivity contribution in [3.05, 3.63) is 18.3 Å². The Hall–Kier alpha value is -1.29. The Morgan fingerprint density at radius 2 is 1.88 bits per heavy atom. The largest absolute Gasteiger partial charge is 0.370 e. The molecule has 1 atom stereocenters. The molecular formula is C21H32N4. The Morgan fingerprint density at radius 3 is 2.52 bits per heavy atom. The smallest absolute Gasteiger partial charge is 0.127 e. The van der Waals surface area contributed by atoms with E-state index in [9.17, 15) is 0 Å². The van der Waals surface area contributed by atoms with Crippen LogP contribution in [0.1, 0.15) is 44.9 Å². The average molecular weight is 341 g/mol. The number of aromatic nitrogens is 1. The minimum Gasteiger partial charge on any atom is -0.370 e. The van der Waals surface area contributed by atoms with E-state index in [1.54, 1.807) is 0 Å². The van der Waals surface area contributed by atoms with Gasteiger partial charge in [0.1, 0.15) is 5.82 Å². The SMILES string of the molecule is CN[C@@H]1CCN(c2ccnc(NCC34CC5CC(CC(C5)C3)C4)c2)C1. The predicted molar refractivity (Wildman–Crippen MR) is 103 cm³/mol. The molecule has 0 radical (unpaired) electrons. The van der Waals surface area contributed by atoms with Crippen LogP contribution in [0.5, 0.6) is 0 Å². The van der Waals surface area contributed by atoms with E-state index in [1.165, 1.54) is 50.6 Å². The monoisotopic (exact) mass is 340 g/mol. The van der Waals surface area contributed by atoms with Gasteiger partial charge in [0.05, 0.1) is 0 Å². The van der Waals surface area contributed by atoms with E-state index in [1.807, 2.05) is 6.20 Å². The summed E-state index contributed by atoms with van der Waals surface area (Å²) in [7, 11) is 2.07. The van der Waals surface area contributed by atoms with E-state index in [2.05, 4.69) is 39.7 Å². The number of nitrogens with zero attached hydrogens (tertiary/aromatic N) is 2. The Balaban J connectivity index is 1.25. The highest BCUT2D eigenvalue weighted by Gasteiger charge is 2.50. The summed E-state index contributed by atoms with van der Waals surface area (Å²) in [5.41, 5.74) is 1.89. The van der Waals surface area contributed by atoms with E-state index in [0.717, 1.165) is 43.2 Å². The van der Waals surface area contributed by atoms with Crippen LogP contribution in [-0.4, -0.2) is 37.7 Å². The molecule has 4 bridgehead atoms. The first-order chi connectivity index (χ1) is 12.2. The summed E-state index contributed by atoms with van der Waals surface area (Å²) in [5, 5.41) is 7.14. The molecule has 2 heterocycles. The van der Waals surface area contributed by atoms with Gasteiger partial charge < -0.3 is 15.5 Å². The third-order valence-electron chi connectivity index (χ3n) is 7.51. The average Bonchev–Trinajstić information content (AvgIpc) is 3.08. The van der Waals surface area contributed by atoms with Gasteiger partial charge in [0, 0.05) is 43.6 Å². The zero-order valence-electron chi connectivity index (χ0n) is 15.5. The van der Waals surface area contributed by atoms with E-state index in [-0.39, 0.29) is 0 Å². The summed E-state index contributed by atoms with van der Waals surface area (Å²) in [6.45, 7) is 3.38. The van der Waals surface area contributed by atoms with Gasteiger partial charge in [-0.3, -0.25) is 0 Å². The highest BCUT2D eigenvalue weighted by molar-refractivity contribution is 5.54. The Bertz CT molecular complexity index is 593. The maximum absolute atomic E-state index is 4.61. The number of pyridine rings is 1. The Labute approximate surface area is 151 Å². The van der Waals surface area contributed by atoms with Crippen molar-refractivity contribution in [3.63, 3.8) is 0 Å². The molecule has 0 amide bonds. The molecule has 5 aliphatic rings.